The van der Waals surface area contributed by atoms with Crippen molar-refractivity contribution < 1.29 is 14.7 Å². The van der Waals surface area contributed by atoms with Gasteiger partial charge in [0.1, 0.15) is 0 Å². The lowest BCUT2D eigenvalue weighted by molar-refractivity contribution is -0.137. The van der Waals surface area contributed by atoms with Gasteiger partial charge in [0.05, 0.1) is 23.2 Å². The minimum atomic E-state index is -1.01. The van der Waals surface area contributed by atoms with Crippen molar-refractivity contribution >= 4 is 61.9 Å². The van der Waals surface area contributed by atoms with Crippen LogP contribution in [-0.2, 0) is 4.79 Å². The molecule has 178 valence electrons. The molecular weight excluding hydrogens is 551 g/mol. The van der Waals surface area contributed by atoms with E-state index in [9.17, 15) is 14.7 Å². The molecule has 4 aromatic rings. The first-order valence-corrected chi connectivity index (χ1v) is 12.4. The van der Waals surface area contributed by atoms with Gasteiger partial charge in [-0.15, -0.1) is 0 Å². The minimum Gasteiger partial charge on any atom is -0.481 e. The summed E-state index contributed by atoms with van der Waals surface area (Å²) in [6, 6.07) is 20.3. The number of carboxylic acid groups (broad SMARTS) is 1. The van der Waals surface area contributed by atoms with E-state index in [2.05, 4.69) is 21.2 Å². The Morgan fingerprint density at radius 2 is 1.71 bits per heavy atom. The Bertz CT molecular complexity index is 1410. The second-order valence-corrected chi connectivity index (χ2v) is 9.86. The molecule has 8 heteroatoms. The molecule has 0 saturated carbocycles. The number of fused-ring (bicyclic) bond motifs is 1. The van der Waals surface area contributed by atoms with Gasteiger partial charge in [0.15, 0.2) is 0 Å². The van der Waals surface area contributed by atoms with Gasteiger partial charge in [-0.05, 0) is 48.4 Å². The van der Waals surface area contributed by atoms with Gasteiger partial charge in [0.25, 0.3) is 5.91 Å². The van der Waals surface area contributed by atoms with Crippen LogP contribution in [0.1, 0.15) is 33.8 Å². The fourth-order valence-electron chi connectivity index (χ4n) is 4.19. The second-order valence-electron chi connectivity index (χ2n) is 8.13. The minimum absolute atomic E-state index is 0.0481. The van der Waals surface area contributed by atoms with Crippen LogP contribution in [0.25, 0.3) is 22.2 Å². The fraction of sp³-hybridized carbons (Fsp3) is 0.148. The number of halogens is 3. The van der Waals surface area contributed by atoms with Crippen LogP contribution >= 0.6 is 39.1 Å². The molecule has 0 fully saturated rings. The lowest BCUT2D eigenvalue weighted by Gasteiger charge is -2.20. The van der Waals surface area contributed by atoms with Crippen molar-refractivity contribution in [2.24, 2.45) is 0 Å². The maximum absolute atomic E-state index is 13.6. The average Bonchev–Trinajstić information content (AvgIpc) is 2.82. The second kappa shape index (κ2) is 10.8. The predicted molar refractivity (Wildman–Crippen MR) is 143 cm³/mol. The lowest BCUT2D eigenvalue weighted by atomic mass is 9.94. The zero-order chi connectivity index (χ0) is 25.1. The summed E-state index contributed by atoms with van der Waals surface area (Å²) in [5.74, 6) is -1.95. The van der Waals surface area contributed by atoms with E-state index < -0.39 is 11.9 Å². The summed E-state index contributed by atoms with van der Waals surface area (Å²) in [5.41, 5.74) is 4.00. The number of benzene rings is 3. The van der Waals surface area contributed by atoms with Crippen LogP contribution in [0.3, 0.4) is 0 Å². The van der Waals surface area contributed by atoms with Gasteiger partial charge >= 0.3 is 5.97 Å². The third-order valence-corrected chi connectivity index (χ3v) is 6.96. The normalized spacial score (nSPS) is 11.9. The number of hydrogen-bond acceptors (Lipinski definition) is 3. The molecular formula is C27H21BrCl2N2O3. The first-order chi connectivity index (χ1) is 16.8. The van der Waals surface area contributed by atoms with Crippen molar-refractivity contribution in [2.75, 3.05) is 6.54 Å². The summed E-state index contributed by atoms with van der Waals surface area (Å²) < 4.78 is 0.819. The molecule has 0 bridgehead atoms. The fourth-order valence-corrected chi connectivity index (χ4v) is 5.26. The molecule has 0 radical (unpaired) electrons. The van der Waals surface area contributed by atoms with E-state index in [0.717, 1.165) is 15.6 Å². The summed E-state index contributed by atoms with van der Waals surface area (Å²) in [6.45, 7) is 1.91. The van der Waals surface area contributed by atoms with Crippen molar-refractivity contribution in [1.29, 1.82) is 0 Å². The highest BCUT2D eigenvalue weighted by Crippen LogP contribution is 2.34. The van der Waals surface area contributed by atoms with Crippen LogP contribution in [0.4, 0.5) is 0 Å². The van der Waals surface area contributed by atoms with E-state index in [1.165, 1.54) is 0 Å². The molecule has 35 heavy (non-hydrogen) atoms. The molecule has 0 saturated heterocycles. The number of carboxylic acids is 1. The molecule has 1 atom stereocenters. The van der Waals surface area contributed by atoms with Crippen LogP contribution in [-0.4, -0.2) is 28.5 Å². The van der Waals surface area contributed by atoms with Crippen LogP contribution in [0.2, 0.25) is 10.0 Å². The number of hydrogen-bond donors (Lipinski definition) is 2. The van der Waals surface area contributed by atoms with E-state index in [0.29, 0.717) is 37.8 Å². The third kappa shape index (κ3) is 5.50. The van der Waals surface area contributed by atoms with Crippen molar-refractivity contribution in [3.8, 4) is 11.3 Å². The number of nitrogens with zero attached hydrogens (tertiary/aromatic N) is 1. The van der Waals surface area contributed by atoms with Gasteiger partial charge in [0, 0.05) is 37.9 Å². The van der Waals surface area contributed by atoms with E-state index in [1.54, 1.807) is 18.2 Å². The number of nitrogens with one attached hydrogen (secondary N) is 1. The molecule has 4 rings (SSSR count). The Kier molecular flexibility index (Phi) is 7.75. The average molecular weight is 572 g/mol. The summed E-state index contributed by atoms with van der Waals surface area (Å²) in [6.07, 6.45) is -0.235. The zero-order valence-electron chi connectivity index (χ0n) is 18.7. The van der Waals surface area contributed by atoms with E-state index >= 15 is 0 Å². The summed E-state index contributed by atoms with van der Waals surface area (Å²) in [5, 5.41) is 13.8. The molecule has 0 aliphatic rings. The van der Waals surface area contributed by atoms with Gasteiger partial charge in [-0.1, -0.05) is 75.5 Å². The van der Waals surface area contributed by atoms with Gasteiger partial charge in [-0.3, -0.25) is 9.59 Å². The smallest absolute Gasteiger partial charge is 0.304 e. The number of aromatic nitrogens is 1. The number of aliphatic carboxylic acids is 1. The van der Waals surface area contributed by atoms with Crippen LogP contribution in [0.15, 0.2) is 71.2 Å². The molecule has 3 aromatic carbocycles. The standard InChI is InChI=1S/C27H21BrCl2N2O3/c1-15-24(19-13-18(28)10-11-22(19)32-26(15)16-6-3-2-4-7-16)27(35)31-14-17(12-23(33)34)25-20(29)8-5-9-21(25)30/h2-11,13,17H,12,14H2,1H3,(H,31,35)(H,33,34). The molecule has 1 amide bonds. The van der Waals surface area contributed by atoms with Gasteiger partial charge in [-0.25, -0.2) is 4.98 Å². The number of pyridine rings is 1. The lowest BCUT2D eigenvalue weighted by Crippen LogP contribution is -2.30. The topological polar surface area (TPSA) is 79.3 Å². The Balaban J connectivity index is 1.75. The Morgan fingerprint density at radius 1 is 1.03 bits per heavy atom. The largest absolute Gasteiger partial charge is 0.481 e. The highest BCUT2D eigenvalue weighted by atomic mass is 79.9. The number of carbonyl (C=O) groups is 2. The quantitative estimate of drug-likeness (QED) is 0.244. The molecule has 1 heterocycles. The molecule has 2 N–H and O–H groups in total. The van der Waals surface area contributed by atoms with Crippen LogP contribution in [0.5, 0.6) is 0 Å². The van der Waals surface area contributed by atoms with E-state index in [4.69, 9.17) is 28.2 Å². The number of rotatable bonds is 7. The van der Waals surface area contributed by atoms with Gasteiger partial charge in [-0.2, -0.15) is 0 Å². The van der Waals surface area contributed by atoms with Crippen molar-refractivity contribution in [2.45, 2.75) is 19.3 Å². The summed E-state index contributed by atoms with van der Waals surface area (Å²) in [7, 11) is 0. The summed E-state index contributed by atoms with van der Waals surface area (Å²) in [4.78, 5) is 30.0. The van der Waals surface area contributed by atoms with Gasteiger partial charge < -0.3 is 10.4 Å². The highest BCUT2D eigenvalue weighted by molar-refractivity contribution is 9.10. The van der Waals surface area contributed by atoms with Gasteiger partial charge in [0.2, 0.25) is 0 Å². The third-order valence-electron chi connectivity index (χ3n) is 5.80. The Hall–Kier alpha value is -2.93. The maximum Gasteiger partial charge on any atom is 0.304 e. The molecule has 1 aromatic heterocycles. The molecule has 1 unspecified atom stereocenters. The first-order valence-electron chi connectivity index (χ1n) is 10.9. The molecule has 0 aliphatic heterocycles. The van der Waals surface area contributed by atoms with Crippen molar-refractivity contribution in [1.82, 2.24) is 10.3 Å². The molecule has 0 aliphatic carbocycles. The predicted octanol–water partition coefficient (Wildman–Crippen LogP) is 7.27. The number of amides is 1. The van der Waals surface area contributed by atoms with Crippen LogP contribution in [0, 0.1) is 6.92 Å². The zero-order valence-corrected chi connectivity index (χ0v) is 21.8. The first kappa shape index (κ1) is 25.2. The number of carbonyl (C=O) groups excluding carboxylic acids is 1. The SMILES string of the molecule is Cc1c(-c2ccccc2)nc2ccc(Br)cc2c1C(=O)NCC(CC(=O)O)c1c(Cl)cccc1Cl. The Morgan fingerprint density at radius 3 is 2.37 bits per heavy atom. The highest BCUT2D eigenvalue weighted by Gasteiger charge is 2.24. The summed E-state index contributed by atoms with van der Waals surface area (Å²) >= 11 is 16.2. The maximum atomic E-state index is 13.6. The Labute approximate surface area is 221 Å². The van der Waals surface area contributed by atoms with E-state index in [-0.39, 0.29) is 18.9 Å². The van der Waals surface area contributed by atoms with E-state index in [1.807, 2.05) is 55.5 Å². The van der Waals surface area contributed by atoms with Crippen LogP contribution < -0.4 is 5.32 Å². The van der Waals surface area contributed by atoms with Crippen molar-refractivity contribution in [3.63, 3.8) is 0 Å². The van der Waals surface area contributed by atoms with Crippen molar-refractivity contribution in [3.05, 3.63) is 97.9 Å². The molecule has 0 spiro atoms. The molecule has 5 nitrogen and oxygen atoms in total. The monoisotopic (exact) mass is 570 g/mol.